The molecule has 1 amide bonds. The average molecular weight is 307 g/mol. The highest BCUT2D eigenvalue weighted by atomic mass is 32.1. The smallest absolute Gasteiger partial charge is 0.234 e. The number of thiophene rings is 1. The quantitative estimate of drug-likeness (QED) is 0.804. The molecular weight excluding hydrogens is 282 g/mol. The number of hydrogen-bond acceptors (Lipinski definition) is 4. The summed E-state index contributed by atoms with van der Waals surface area (Å²) in [6.07, 6.45) is 3.80. The molecule has 0 aromatic carbocycles. The van der Waals surface area contributed by atoms with Crippen LogP contribution < -0.4 is 10.6 Å². The highest BCUT2D eigenvalue weighted by Gasteiger charge is 2.22. The zero-order valence-corrected chi connectivity index (χ0v) is 13.5. The van der Waals surface area contributed by atoms with Crippen molar-refractivity contribution in [1.82, 2.24) is 15.5 Å². The summed E-state index contributed by atoms with van der Waals surface area (Å²) in [7, 11) is 0. The minimum absolute atomic E-state index is 0.121. The SMILES string of the molecule is CC(CNC(=O)CNCC1CC1)N1CCc2sccc2C1. The molecule has 2 N–H and O–H groups in total. The third-order valence-electron chi connectivity index (χ3n) is 4.47. The van der Waals surface area contributed by atoms with Gasteiger partial charge in [-0.25, -0.2) is 0 Å². The van der Waals surface area contributed by atoms with Crippen molar-refractivity contribution in [3.8, 4) is 0 Å². The number of carbonyl (C=O) groups excluding carboxylic acids is 1. The minimum Gasteiger partial charge on any atom is -0.353 e. The standard InChI is InChI=1S/C16H25N3OS/c1-12(8-18-16(20)10-17-9-13-2-3-13)19-6-4-15-14(11-19)5-7-21-15/h5,7,12-13,17H,2-4,6,8-11H2,1H3,(H,18,20). The van der Waals surface area contributed by atoms with E-state index in [2.05, 4.69) is 33.9 Å². The maximum atomic E-state index is 11.8. The molecule has 1 aromatic rings. The molecule has 1 atom stereocenters. The van der Waals surface area contributed by atoms with Gasteiger partial charge in [-0.2, -0.15) is 0 Å². The second-order valence-electron chi connectivity index (χ2n) is 6.32. The Morgan fingerprint density at radius 1 is 1.52 bits per heavy atom. The van der Waals surface area contributed by atoms with Crippen LogP contribution in [-0.4, -0.2) is 43.0 Å². The van der Waals surface area contributed by atoms with Gasteiger partial charge in [0.1, 0.15) is 0 Å². The van der Waals surface area contributed by atoms with E-state index in [9.17, 15) is 4.79 Å². The second kappa shape index (κ2) is 6.90. The highest BCUT2D eigenvalue weighted by Crippen LogP contribution is 2.27. The first-order valence-corrected chi connectivity index (χ1v) is 8.87. The van der Waals surface area contributed by atoms with Gasteiger partial charge in [-0.15, -0.1) is 11.3 Å². The summed E-state index contributed by atoms with van der Waals surface area (Å²) in [6.45, 7) is 6.52. The maximum Gasteiger partial charge on any atom is 0.234 e. The Balaban J connectivity index is 1.35. The van der Waals surface area contributed by atoms with E-state index in [-0.39, 0.29) is 5.91 Å². The Morgan fingerprint density at radius 3 is 3.19 bits per heavy atom. The van der Waals surface area contributed by atoms with Gasteiger partial charge in [-0.05, 0) is 55.7 Å². The highest BCUT2D eigenvalue weighted by molar-refractivity contribution is 7.10. The van der Waals surface area contributed by atoms with Crippen LogP contribution in [0.2, 0.25) is 0 Å². The molecule has 0 bridgehead atoms. The summed E-state index contributed by atoms with van der Waals surface area (Å²) in [6, 6.07) is 2.63. The van der Waals surface area contributed by atoms with Gasteiger partial charge in [0.25, 0.3) is 0 Å². The van der Waals surface area contributed by atoms with E-state index in [4.69, 9.17) is 0 Å². The number of rotatable bonds is 7. The van der Waals surface area contributed by atoms with Crippen molar-refractivity contribution < 1.29 is 4.79 Å². The molecule has 1 saturated carbocycles. The number of fused-ring (bicyclic) bond motifs is 1. The fourth-order valence-electron chi connectivity index (χ4n) is 2.81. The van der Waals surface area contributed by atoms with Crippen molar-refractivity contribution in [3.05, 3.63) is 21.9 Å². The number of amides is 1. The lowest BCUT2D eigenvalue weighted by Gasteiger charge is -2.32. The lowest BCUT2D eigenvalue weighted by Crippen LogP contribution is -2.45. The molecule has 1 aliphatic carbocycles. The summed E-state index contributed by atoms with van der Waals surface area (Å²) in [5, 5.41) is 8.47. The number of carbonyl (C=O) groups is 1. The fraction of sp³-hybridized carbons (Fsp3) is 0.688. The molecule has 1 fully saturated rings. The second-order valence-corrected chi connectivity index (χ2v) is 7.32. The number of nitrogens with one attached hydrogen (secondary N) is 2. The van der Waals surface area contributed by atoms with E-state index >= 15 is 0 Å². The van der Waals surface area contributed by atoms with Crippen molar-refractivity contribution in [2.75, 3.05) is 26.2 Å². The van der Waals surface area contributed by atoms with Gasteiger partial charge >= 0.3 is 0 Å². The molecule has 0 radical (unpaired) electrons. The zero-order valence-electron chi connectivity index (χ0n) is 12.7. The first-order valence-electron chi connectivity index (χ1n) is 7.99. The predicted octanol–water partition coefficient (Wildman–Crippen LogP) is 1.61. The van der Waals surface area contributed by atoms with Crippen molar-refractivity contribution in [1.29, 1.82) is 0 Å². The zero-order chi connectivity index (χ0) is 14.7. The Morgan fingerprint density at radius 2 is 2.38 bits per heavy atom. The fourth-order valence-corrected chi connectivity index (χ4v) is 3.70. The maximum absolute atomic E-state index is 11.8. The van der Waals surface area contributed by atoms with Gasteiger partial charge in [-0.1, -0.05) is 0 Å². The first-order chi connectivity index (χ1) is 10.2. The molecule has 0 spiro atoms. The van der Waals surface area contributed by atoms with E-state index in [1.54, 1.807) is 0 Å². The summed E-state index contributed by atoms with van der Waals surface area (Å²) in [5.41, 5.74) is 1.47. The topological polar surface area (TPSA) is 44.4 Å². The third kappa shape index (κ3) is 4.28. The molecule has 0 saturated heterocycles. The number of nitrogens with zero attached hydrogens (tertiary/aromatic N) is 1. The Labute approximate surface area is 130 Å². The van der Waals surface area contributed by atoms with Gasteiger partial charge in [0.15, 0.2) is 0 Å². The van der Waals surface area contributed by atoms with Crippen LogP contribution in [0.5, 0.6) is 0 Å². The molecule has 21 heavy (non-hydrogen) atoms. The molecule has 4 nitrogen and oxygen atoms in total. The van der Waals surface area contributed by atoms with E-state index in [1.165, 1.54) is 23.3 Å². The van der Waals surface area contributed by atoms with Crippen molar-refractivity contribution in [2.24, 2.45) is 5.92 Å². The van der Waals surface area contributed by atoms with Crippen LogP contribution in [0.15, 0.2) is 11.4 Å². The van der Waals surface area contributed by atoms with E-state index in [0.717, 1.165) is 38.5 Å². The largest absolute Gasteiger partial charge is 0.353 e. The molecular formula is C16H25N3OS. The van der Waals surface area contributed by atoms with Crippen LogP contribution in [-0.2, 0) is 17.8 Å². The normalized spacial score (nSPS) is 20.0. The van der Waals surface area contributed by atoms with Gasteiger partial charge < -0.3 is 10.6 Å². The molecule has 1 aliphatic heterocycles. The molecule has 5 heteroatoms. The lowest BCUT2D eigenvalue weighted by atomic mass is 10.1. The van der Waals surface area contributed by atoms with Gasteiger partial charge in [-0.3, -0.25) is 9.69 Å². The summed E-state index contributed by atoms with van der Waals surface area (Å²) >= 11 is 1.87. The molecule has 2 heterocycles. The van der Waals surface area contributed by atoms with E-state index in [1.807, 2.05) is 11.3 Å². The van der Waals surface area contributed by atoms with Crippen LogP contribution in [0.25, 0.3) is 0 Å². The van der Waals surface area contributed by atoms with Crippen molar-refractivity contribution in [3.63, 3.8) is 0 Å². The molecule has 2 aliphatic rings. The van der Waals surface area contributed by atoms with Crippen molar-refractivity contribution in [2.45, 2.75) is 38.8 Å². The Bertz CT molecular complexity index is 484. The van der Waals surface area contributed by atoms with Crippen LogP contribution in [0.3, 0.4) is 0 Å². The van der Waals surface area contributed by atoms with Crippen LogP contribution in [0, 0.1) is 5.92 Å². The molecule has 1 aromatic heterocycles. The first kappa shape index (κ1) is 15.0. The summed E-state index contributed by atoms with van der Waals surface area (Å²) < 4.78 is 0. The van der Waals surface area contributed by atoms with E-state index in [0.29, 0.717) is 12.6 Å². The monoisotopic (exact) mass is 307 g/mol. The minimum atomic E-state index is 0.121. The predicted molar refractivity (Wildman–Crippen MR) is 86.5 cm³/mol. The third-order valence-corrected chi connectivity index (χ3v) is 5.49. The molecule has 3 rings (SSSR count). The van der Waals surface area contributed by atoms with Crippen LogP contribution >= 0.6 is 11.3 Å². The van der Waals surface area contributed by atoms with E-state index < -0.39 is 0 Å². The molecule has 1 unspecified atom stereocenters. The summed E-state index contributed by atoms with van der Waals surface area (Å²) in [5.74, 6) is 0.945. The Kier molecular flexibility index (Phi) is 4.93. The average Bonchev–Trinajstić information content (AvgIpc) is 3.19. The van der Waals surface area contributed by atoms with Crippen molar-refractivity contribution >= 4 is 17.2 Å². The van der Waals surface area contributed by atoms with Crippen LogP contribution in [0.1, 0.15) is 30.2 Å². The van der Waals surface area contributed by atoms with Gasteiger partial charge in [0, 0.05) is 30.6 Å². The van der Waals surface area contributed by atoms with Gasteiger partial charge in [0.2, 0.25) is 5.91 Å². The van der Waals surface area contributed by atoms with Gasteiger partial charge in [0.05, 0.1) is 6.54 Å². The summed E-state index contributed by atoms with van der Waals surface area (Å²) in [4.78, 5) is 15.8. The van der Waals surface area contributed by atoms with Crippen LogP contribution in [0.4, 0.5) is 0 Å². The lowest BCUT2D eigenvalue weighted by molar-refractivity contribution is -0.120. The Hall–Kier alpha value is -0.910. The molecule has 116 valence electrons. The number of hydrogen-bond donors (Lipinski definition) is 2.